The summed E-state index contributed by atoms with van der Waals surface area (Å²) < 4.78 is 5.24. The van der Waals surface area contributed by atoms with Crippen molar-refractivity contribution in [2.45, 2.75) is 86.0 Å². The molecule has 6 nitrogen and oxygen atoms in total. The van der Waals surface area contributed by atoms with E-state index in [0.717, 1.165) is 6.54 Å². The maximum atomic E-state index is 12.4. The third-order valence-electron chi connectivity index (χ3n) is 3.62. The van der Waals surface area contributed by atoms with Crippen molar-refractivity contribution >= 4 is 12.0 Å². The van der Waals surface area contributed by atoms with Gasteiger partial charge in [-0.25, -0.2) is 4.79 Å². The van der Waals surface area contributed by atoms with Crippen molar-refractivity contribution in [1.29, 1.82) is 0 Å². The van der Waals surface area contributed by atoms with Gasteiger partial charge in [-0.05, 0) is 54.4 Å². The zero-order chi connectivity index (χ0) is 19.1. The lowest BCUT2D eigenvalue weighted by molar-refractivity contribution is -0.124. The number of alkyl carbamates (subject to hydrolysis) is 1. The first-order valence-corrected chi connectivity index (χ1v) is 8.88. The van der Waals surface area contributed by atoms with E-state index in [1.807, 2.05) is 13.8 Å². The van der Waals surface area contributed by atoms with Crippen molar-refractivity contribution in [3.05, 3.63) is 0 Å². The Balaban J connectivity index is 4.58. The third-order valence-corrected chi connectivity index (χ3v) is 3.62. The summed E-state index contributed by atoms with van der Waals surface area (Å²) in [5, 5.41) is 5.59. The number of hydrogen-bond acceptors (Lipinski definition) is 4. The Labute approximate surface area is 147 Å². The Bertz CT molecular complexity index is 393. The lowest BCUT2D eigenvalue weighted by atomic mass is 10.0. The van der Waals surface area contributed by atoms with Crippen LogP contribution in [-0.4, -0.2) is 53.7 Å². The fourth-order valence-corrected chi connectivity index (χ4v) is 2.50. The van der Waals surface area contributed by atoms with Crippen LogP contribution in [0.3, 0.4) is 0 Å². The van der Waals surface area contributed by atoms with Crippen LogP contribution in [0.2, 0.25) is 0 Å². The molecule has 0 heterocycles. The highest BCUT2D eigenvalue weighted by molar-refractivity contribution is 5.85. The molecule has 0 unspecified atom stereocenters. The van der Waals surface area contributed by atoms with Crippen molar-refractivity contribution in [1.82, 2.24) is 15.5 Å². The first kappa shape index (κ1) is 22.7. The van der Waals surface area contributed by atoms with Crippen LogP contribution < -0.4 is 10.6 Å². The third kappa shape index (κ3) is 9.11. The molecule has 0 bridgehead atoms. The zero-order valence-corrected chi connectivity index (χ0v) is 16.9. The molecule has 2 N–H and O–H groups in total. The Morgan fingerprint density at radius 1 is 1.00 bits per heavy atom. The van der Waals surface area contributed by atoms with Crippen LogP contribution in [0.1, 0.15) is 62.3 Å². The molecule has 142 valence electrons. The van der Waals surface area contributed by atoms with E-state index in [0.29, 0.717) is 18.6 Å². The molecule has 24 heavy (non-hydrogen) atoms. The smallest absolute Gasteiger partial charge is 0.408 e. The van der Waals surface area contributed by atoms with Crippen molar-refractivity contribution in [2.75, 3.05) is 13.1 Å². The van der Waals surface area contributed by atoms with Gasteiger partial charge in [0, 0.05) is 25.2 Å². The van der Waals surface area contributed by atoms with Gasteiger partial charge >= 0.3 is 6.09 Å². The maximum Gasteiger partial charge on any atom is 0.408 e. The summed E-state index contributed by atoms with van der Waals surface area (Å²) in [6.07, 6.45) is -0.567. The highest BCUT2D eigenvalue weighted by Crippen LogP contribution is 2.09. The van der Waals surface area contributed by atoms with Crippen LogP contribution >= 0.6 is 0 Å². The van der Waals surface area contributed by atoms with Gasteiger partial charge in [0.1, 0.15) is 11.6 Å². The summed E-state index contributed by atoms with van der Waals surface area (Å²) in [5.74, 6) is -0.202. The largest absolute Gasteiger partial charge is 0.444 e. The van der Waals surface area contributed by atoms with E-state index in [9.17, 15) is 9.59 Å². The highest BCUT2D eigenvalue weighted by atomic mass is 16.6. The van der Waals surface area contributed by atoms with Gasteiger partial charge in [-0.2, -0.15) is 0 Å². The monoisotopic (exact) mass is 343 g/mol. The van der Waals surface area contributed by atoms with Gasteiger partial charge in [-0.1, -0.05) is 13.8 Å². The molecule has 0 saturated heterocycles. The normalized spacial score (nSPS) is 13.5. The quantitative estimate of drug-likeness (QED) is 0.711. The molecule has 0 saturated carbocycles. The minimum atomic E-state index is -0.605. The van der Waals surface area contributed by atoms with Crippen LogP contribution in [0.5, 0.6) is 0 Å². The molecule has 0 aromatic rings. The van der Waals surface area contributed by atoms with Gasteiger partial charge in [0.2, 0.25) is 5.91 Å². The van der Waals surface area contributed by atoms with Crippen molar-refractivity contribution in [3.63, 3.8) is 0 Å². The molecule has 0 rings (SSSR count). The number of nitrogens with zero attached hydrogens (tertiary/aromatic N) is 1. The molecule has 0 aromatic carbocycles. The van der Waals surface area contributed by atoms with Gasteiger partial charge in [-0.3, -0.25) is 9.69 Å². The average Bonchev–Trinajstić information content (AvgIpc) is 2.37. The van der Waals surface area contributed by atoms with E-state index in [-0.39, 0.29) is 11.8 Å². The van der Waals surface area contributed by atoms with E-state index < -0.39 is 17.7 Å². The maximum absolute atomic E-state index is 12.4. The number of amides is 2. The second kappa shape index (κ2) is 9.87. The number of carbonyl (C=O) groups excluding carboxylic acids is 2. The van der Waals surface area contributed by atoms with Crippen LogP contribution in [0.25, 0.3) is 0 Å². The number of nitrogens with one attached hydrogen (secondary N) is 2. The first-order valence-electron chi connectivity index (χ1n) is 8.88. The number of rotatable bonds is 8. The number of hydrogen-bond donors (Lipinski definition) is 2. The molecule has 0 fully saturated rings. The van der Waals surface area contributed by atoms with E-state index in [4.69, 9.17) is 4.74 Å². The van der Waals surface area contributed by atoms with Crippen molar-refractivity contribution in [3.8, 4) is 0 Å². The van der Waals surface area contributed by atoms with E-state index >= 15 is 0 Å². The number of carbonyl (C=O) groups is 2. The summed E-state index contributed by atoms with van der Waals surface area (Å²) in [5.41, 5.74) is -0.586. The standard InChI is InChI=1S/C18H37N3O3/c1-12(2)15(20-17(23)24-18(7,8)9)16(22)19-10-11-21(13(3)4)14(5)6/h12-15H,10-11H2,1-9H3,(H,19,22)(H,20,23)/t15-/m0/s1. The lowest BCUT2D eigenvalue weighted by Crippen LogP contribution is -2.52. The van der Waals surface area contributed by atoms with Gasteiger partial charge in [-0.15, -0.1) is 0 Å². The second-order valence-electron chi connectivity index (χ2n) is 8.08. The van der Waals surface area contributed by atoms with Gasteiger partial charge in [0.05, 0.1) is 0 Å². The molecular weight excluding hydrogens is 306 g/mol. The highest BCUT2D eigenvalue weighted by Gasteiger charge is 2.26. The van der Waals surface area contributed by atoms with Crippen LogP contribution in [0.15, 0.2) is 0 Å². The SMILES string of the molecule is CC(C)[C@H](NC(=O)OC(C)(C)C)C(=O)NCCN(C(C)C)C(C)C. The summed E-state index contributed by atoms with van der Waals surface area (Å²) in [4.78, 5) is 26.6. The van der Waals surface area contributed by atoms with Crippen LogP contribution in [0, 0.1) is 5.92 Å². The molecule has 0 aromatic heterocycles. The predicted octanol–water partition coefficient (Wildman–Crippen LogP) is 2.77. The molecule has 0 aliphatic rings. The van der Waals surface area contributed by atoms with E-state index in [1.165, 1.54) is 0 Å². The molecule has 0 aliphatic heterocycles. The minimum Gasteiger partial charge on any atom is -0.444 e. The summed E-state index contributed by atoms with van der Waals surface area (Å²) >= 11 is 0. The molecular formula is C18H37N3O3. The fraction of sp³-hybridized carbons (Fsp3) is 0.889. The molecule has 0 radical (unpaired) electrons. The van der Waals surface area contributed by atoms with Gasteiger partial charge in [0.25, 0.3) is 0 Å². The molecule has 0 spiro atoms. The zero-order valence-electron chi connectivity index (χ0n) is 16.9. The Morgan fingerprint density at radius 3 is 1.88 bits per heavy atom. The molecule has 2 amide bonds. The first-order chi connectivity index (χ1) is 10.8. The van der Waals surface area contributed by atoms with Crippen LogP contribution in [0.4, 0.5) is 4.79 Å². The molecule has 0 aliphatic carbocycles. The molecule has 1 atom stereocenters. The van der Waals surface area contributed by atoms with Crippen molar-refractivity contribution < 1.29 is 14.3 Å². The minimum absolute atomic E-state index is 0.0242. The van der Waals surface area contributed by atoms with Gasteiger partial charge in [0.15, 0.2) is 0 Å². The Kier molecular flexibility index (Phi) is 9.33. The van der Waals surface area contributed by atoms with E-state index in [1.54, 1.807) is 20.8 Å². The topological polar surface area (TPSA) is 70.7 Å². The molecule has 6 heteroatoms. The fourth-order valence-electron chi connectivity index (χ4n) is 2.50. The summed E-state index contributed by atoms with van der Waals surface area (Å²) in [6, 6.07) is 0.233. The average molecular weight is 344 g/mol. The summed E-state index contributed by atoms with van der Waals surface area (Å²) in [7, 11) is 0. The number of ether oxygens (including phenoxy) is 1. The lowest BCUT2D eigenvalue weighted by Gasteiger charge is -2.31. The van der Waals surface area contributed by atoms with Crippen molar-refractivity contribution in [2.24, 2.45) is 5.92 Å². The Hall–Kier alpha value is -1.30. The van der Waals surface area contributed by atoms with Crippen LogP contribution in [-0.2, 0) is 9.53 Å². The van der Waals surface area contributed by atoms with Gasteiger partial charge < -0.3 is 15.4 Å². The Morgan fingerprint density at radius 2 is 1.50 bits per heavy atom. The van der Waals surface area contributed by atoms with E-state index in [2.05, 4.69) is 43.2 Å². The second-order valence-corrected chi connectivity index (χ2v) is 8.08. The summed E-state index contributed by atoms with van der Waals surface area (Å²) in [6.45, 7) is 19.1. The predicted molar refractivity (Wildman–Crippen MR) is 98.0 cm³/mol.